The van der Waals surface area contributed by atoms with Crippen molar-refractivity contribution in [2.75, 3.05) is 0 Å². The van der Waals surface area contributed by atoms with Crippen molar-refractivity contribution in [2.24, 2.45) is 0 Å². The highest BCUT2D eigenvalue weighted by Crippen LogP contribution is 2.07. The van der Waals surface area contributed by atoms with E-state index in [-0.39, 0.29) is 18.2 Å². The van der Waals surface area contributed by atoms with Gasteiger partial charge in [-0.05, 0) is 17.7 Å². The van der Waals surface area contributed by atoms with E-state index in [4.69, 9.17) is 0 Å². The van der Waals surface area contributed by atoms with Gasteiger partial charge in [-0.2, -0.15) is 0 Å². The van der Waals surface area contributed by atoms with Crippen LogP contribution in [0.25, 0.3) is 0 Å². The van der Waals surface area contributed by atoms with Crippen molar-refractivity contribution in [3.8, 4) is 0 Å². The first-order valence-electron chi connectivity index (χ1n) is 4.06. The van der Waals surface area contributed by atoms with Crippen molar-refractivity contribution in [1.29, 1.82) is 0 Å². The molecule has 0 aliphatic carbocycles. The summed E-state index contributed by atoms with van der Waals surface area (Å²) < 4.78 is 12.8. The molecule has 0 amide bonds. The Labute approximate surface area is 87.6 Å². The molecule has 0 aliphatic rings. The van der Waals surface area contributed by atoms with Gasteiger partial charge in [0.15, 0.2) is 0 Å². The molecule has 2 rings (SSSR count). The van der Waals surface area contributed by atoms with Gasteiger partial charge in [-0.1, -0.05) is 12.1 Å². The van der Waals surface area contributed by atoms with Crippen molar-refractivity contribution in [3.63, 3.8) is 0 Å². The van der Waals surface area contributed by atoms with Crippen molar-refractivity contribution < 1.29 is 4.39 Å². The smallest absolute Gasteiger partial charge is 0.123 e. The zero-order valence-corrected chi connectivity index (χ0v) is 8.22. The van der Waals surface area contributed by atoms with Gasteiger partial charge in [0.1, 0.15) is 5.82 Å². The van der Waals surface area contributed by atoms with Crippen LogP contribution in [0.3, 0.4) is 0 Å². The van der Waals surface area contributed by atoms with Crippen molar-refractivity contribution in [2.45, 2.75) is 6.42 Å². The lowest BCUT2D eigenvalue weighted by Crippen LogP contribution is -1.88. The van der Waals surface area contributed by atoms with Gasteiger partial charge in [0.05, 0.1) is 6.33 Å². The molecule has 0 radical (unpaired) electrons. The Morgan fingerprint density at radius 3 is 2.86 bits per heavy atom. The van der Waals surface area contributed by atoms with Gasteiger partial charge >= 0.3 is 0 Å². The van der Waals surface area contributed by atoms with E-state index in [0.717, 1.165) is 11.3 Å². The third-order valence-electron chi connectivity index (χ3n) is 1.84. The first kappa shape index (κ1) is 10.7. The molecule has 0 atom stereocenters. The van der Waals surface area contributed by atoms with Crippen LogP contribution in [0.15, 0.2) is 36.8 Å². The van der Waals surface area contributed by atoms with Crippen LogP contribution in [0.1, 0.15) is 11.3 Å². The molecule has 74 valence electrons. The number of halogens is 2. The minimum Gasteiger partial charge on any atom is -0.348 e. The Kier molecular flexibility index (Phi) is 3.65. The molecule has 0 spiro atoms. The van der Waals surface area contributed by atoms with E-state index >= 15 is 0 Å². The molecule has 0 saturated heterocycles. The molecular weight excluding hydrogens is 203 g/mol. The quantitative estimate of drug-likeness (QED) is 0.815. The number of hydrogen-bond donors (Lipinski definition) is 1. The van der Waals surface area contributed by atoms with E-state index in [1.165, 1.54) is 12.1 Å². The van der Waals surface area contributed by atoms with E-state index in [1.54, 1.807) is 18.6 Å². The fraction of sp³-hybridized carbons (Fsp3) is 0.100. The Morgan fingerprint density at radius 2 is 2.21 bits per heavy atom. The van der Waals surface area contributed by atoms with Gasteiger partial charge in [-0.3, -0.25) is 0 Å². The molecule has 14 heavy (non-hydrogen) atoms. The van der Waals surface area contributed by atoms with Crippen molar-refractivity contribution in [1.82, 2.24) is 9.97 Å². The van der Waals surface area contributed by atoms with Crippen LogP contribution in [0, 0.1) is 5.82 Å². The zero-order chi connectivity index (χ0) is 9.10. The maximum atomic E-state index is 12.8. The number of aromatic amines is 1. The summed E-state index contributed by atoms with van der Waals surface area (Å²) in [5.41, 5.74) is 1.94. The molecule has 1 aromatic heterocycles. The van der Waals surface area contributed by atoms with E-state index < -0.39 is 0 Å². The molecule has 0 unspecified atom stereocenters. The molecule has 0 fully saturated rings. The lowest BCUT2D eigenvalue weighted by Gasteiger charge is -1.97. The maximum Gasteiger partial charge on any atom is 0.123 e. The highest BCUT2D eigenvalue weighted by atomic mass is 35.5. The first-order chi connectivity index (χ1) is 6.34. The molecule has 1 N–H and O–H groups in total. The van der Waals surface area contributed by atoms with Gasteiger partial charge in [-0.25, -0.2) is 9.37 Å². The molecule has 2 nitrogen and oxygen atoms in total. The second-order valence-electron chi connectivity index (χ2n) is 2.88. The molecule has 0 aliphatic heterocycles. The highest BCUT2D eigenvalue weighted by Gasteiger charge is 1.97. The lowest BCUT2D eigenvalue weighted by atomic mass is 10.1. The van der Waals surface area contributed by atoms with Crippen molar-refractivity contribution in [3.05, 3.63) is 53.9 Å². The minimum absolute atomic E-state index is 0. The number of rotatable bonds is 2. The second-order valence-corrected chi connectivity index (χ2v) is 2.88. The van der Waals surface area contributed by atoms with Crippen LogP contribution < -0.4 is 0 Å². The molecule has 4 heteroatoms. The number of benzene rings is 1. The standard InChI is InChI=1S/C10H9FN2.ClH/c11-9-3-1-2-8(4-9)5-10-6-12-7-13-10;/h1-4,6-7H,5H2,(H,12,13);1H. The molecule has 1 aromatic carbocycles. The van der Waals surface area contributed by atoms with E-state index in [0.29, 0.717) is 6.42 Å². The zero-order valence-electron chi connectivity index (χ0n) is 7.40. The summed E-state index contributed by atoms with van der Waals surface area (Å²) in [6.07, 6.45) is 4.05. The Balaban J connectivity index is 0.000000980. The van der Waals surface area contributed by atoms with Crippen LogP contribution in [-0.4, -0.2) is 9.97 Å². The second kappa shape index (κ2) is 4.77. The molecule has 1 heterocycles. The number of nitrogens with zero attached hydrogens (tertiary/aromatic N) is 1. The van der Waals surface area contributed by atoms with Gasteiger partial charge in [0.2, 0.25) is 0 Å². The SMILES string of the molecule is Cl.Fc1cccc(Cc2cnc[nH]2)c1. The number of H-pyrrole nitrogens is 1. The highest BCUT2D eigenvalue weighted by molar-refractivity contribution is 5.85. The van der Waals surface area contributed by atoms with Gasteiger partial charge < -0.3 is 4.98 Å². The monoisotopic (exact) mass is 212 g/mol. The van der Waals surface area contributed by atoms with Gasteiger partial charge in [0.25, 0.3) is 0 Å². The van der Waals surface area contributed by atoms with Gasteiger partial charge in [-0.15, -0.1) is 12.4 Å². The number of hydrogen-bond acceptors (Lipinski definition) is 1. The normalized spacial score (nSPS) is 9.50. The third-order valence-corrected chi connectivity index (χ3v) is 1.84. The summed E-state index contributed by atoms with van der Waals surface area (Å²) in [6.45, 7) is 0. The fourth-order valence-corrected chi connectivity index (χ4v) is 1.25. The lowest BCUT2D eigenvalue weighted by molar-refractivity contribution is 0.626. The predicted molar refractivity (Wildman–Crippen MR) is 55.0 cm³/mol. The largest absolute Gasteiger partial charge is 0.348 e. The van der Waals surface area contributed by atoms with Crippen LogP contribution in [0.2, 0.25) is 0 Å². The van der Waals surface area contributed by atoms with Crippen LogP contribution >= 0.6 is 12.4 Å². The molecule has 0 bridgehead atoms. The average Bonchev–Trinajstić information content (AvgIpc) is 2.57. The van der Waals surface area contributed by atoms with E-state index in [9.17, 15) is 4.39 Å². The Hall–Kier alpha value is -1.35. The third kappa shape index (κ3) is 2.57. The number of nitrogens with one attached hydrogen (secondary N) is 1. The fourth-order valence-electron chi connectivity index (χ4n) is 1.25. The maximum absolute atomic E-state index is 12.8. The summed E-state index contributed by atoms with van der Waals surface area (Å²) in [4.78, 5) is 6.86. The average molecular weight is 213 g/mol. The molecular formula is C10H10ClFN2. The van der Waals surface area contributed by atoms with E-state index in [1.807, 2.05) is 6.07 Å². The summed E-state index contributed by atoms with van der Waals surface area (Å²) in [5.74, 6) is -0.197. The summed E-state index contributed by atoms with van der Waals surface area (Å²) >= 11 is 0. The van der Waals surface area contributed by atoms with Crippen LogP contribution in [0.5, 0.6) is 0 Å². The predicted octanol–water partition coefficient (Wildman–Crippen LogP) is 2.56. The van der Waals surface area contributed by atoms with Gasteiger partial charge in [0, 0.05) is 18.3 Å². The molecule has 2 aromatic rings. The summed E-state index contributed by atoms with van der Waals surface area (Å²) in [5, 5.41) is 0. The first-order valence-corrected chi connectivity index (χ1v) is 4.06. The molecule has 0 saturated carbocycles. The Morgan fingerprint density at radius 1 is 1.36 bits per heavy atom. The van der Waals surface area contributed by atoms with Crippen LogP contribution in [0.4, 0.5) is 4.39 Å². The van der Waals surface area contributed by atoms with Crippen molar-refractivity contribution >= 4 is 12.4 Å². The summed E-state index contributed by atoms with van der Waals surface area (Å²) in [7, 11) is 0. The number of imidazole rings is 1. The minimum atomic E-state index is -0.197. The summed E-state index contributed by atoms with van der Waals surface area (Å²) in [6, 6.07) is 6.57. The van der Waals surface area contributed by atoms with E-state index in [2.05, 4.69) is 9.97 Å². The Bertz CT molecular complexity index is 387. The number of aromatic nitrogens is 2. The topological polar surface area (TPSA) is 28.7 Å². The van der Waals surface area contributed by atoms with Crippen LogP contribution in [-0.2, 0) is 6.42 Å².